The first-order valence-corrected chi connectivity index (χ1v) is 6.50. The lowest BCUT2D eigenvalue weighted by Crippen LogP contribution is -2.42. The predicted octanol–water partition coefficient (Wildman–Crippen LogP) is 1.83. The Kier molecular flexibility index (Phi) is 5.69. The minimum atomic E-state index is -0.594. The molecule has 0 atom stereocenters. The Morgan fingerprint density at radius 2 is 1.95 bits per heavy atom. The lowest BCUT2D eigenvalue weighted by atomic mass is 10.1. The van der Waals surface area contributed by atoms with E-state index in [-0.39, 0.29) is 30.2 Å². The lowest BCUT2D eigenvalue weighted by Gasteiger charge is -2.20. The van der Waals surface area contributed by atoms with Gasteiger partial charge in [-0.25, -0.2) is 4.39 Å². The molecular formula is C15H20FNO4. The smallest absolute Gasteiger partial charge is 0.310 e. The van der Waals surface area contributed by atoms with E-state index in [4.69, 9.17) is 9.47 Å². The maximum atomic E-state index is 13.5. The number of carbonyl (C=O) groups excluding carboxylic acids is 2. The van der Waals surface area contributed by atoms with Gasteiger partial charge in [0, 0.05) is 5.54 Å². The zero-order chi connectivity index (χ0) is 16.0. The van der Waals surface area contributed by atoms with Gasteiger partial charge in [0.1, 0.15) is 0 Å². The summed E-state index contributed by atoms with van der Waals surface area (Å²) in [5.41, 5.74) is 0.0670. The van der Waals surface area contributed by atoms with E-state index in [0.29, 0.717) is 5.56 Å². The van der Waals surface area contributed by atoms with Crippen molar-refractivity contribution in [3.8, 4) is 5.75 Å². The highest BCUT2D eigenvalue weighted by Gasteiger charge is 2.15. The van der Waals surface area contributed by atoms with Gasteiger partial charge in [0.2, 0.25) is 0 Å². The topological polar surface area (TPSA) is 64.6 Å². The number of benzene rings is 1. The molecule has 1 amide bonds. The summed E-state index contributed by atoms with van der Waals surface area (Å²) in [6, 6.07) is 4.21. The van der Waals surface area contributed by atoms with E-state index >= 15 is 0 Å². The van der Waals surface area contributed by atoms with Crippen molar-refractivity contribution >= 4 is 11.9 Å². The maximum absolute atomic E-state index is 13.5. The van der Waals surface area contributed by atoms with E-state index in [1.165, 1.54) is 19.2 Å². The molecule has 21 heavy (non-hydrogen) atoms. The Labute approximate surface area is 123 Å². The van der Waals surface area contributed by atoms with Gasteiger partial charge in [-0.1, -0.05) is 6.07 Å². The van der Waals surface area contributed by atoms with Gasteiger partial charge in [-0.15, -0.1) is 0 Å². The van der Waals surface area contributed by atoms with Crippen molar-refractivity contribution in [3.63, 3.8) is 0 Å². The quantitative estimate of drug-likeness (QED) is 0.842. The van der Waals surface area contributed by atoms with Crippen LogP contribution in [0.4, 0.5) is 4.39 Å². The molecule has 0 aliphatic rings. The second-order valence-electron chi connectivity index (χ2n) is 5.60. The van der Waals surface area contributed by atoms with Gasteiger partial charge in [-0.3, -0.25) is 9.59 Å². The standard InChI is InChI=1S/C15H20FNO4/c1-15(2,3)17-13(18)9-21-14(19)8-10-5-6-12(20-4)11(16)7-10/h5-7H,8-9H2,1-4H3,(H,17,18). The fourth-order valence-corrected chi connectivity index (χ4v) is 1.64. The third-order valence-corrected chi connectivity index (χ3v) is 2.44. The van der Waals surface area contributed by atoms with Crippen LogP contribution in [0, 0.1) is 5.82 Å². The molecule has 0 saturated carbocycles. The average molecular weight is 297 g/mol. The first-order chi connectivity index (χ1) is 9.71. The fraction of sp³-hybridized carbons (Fsp3) is 0.467. The van der Waals surface area contributed by atoms with Crippen LogP contribution in [0.2, 0.25) is 0 Å². The summed E-state index contributed by atoms with van der Waals surface area (Å²) in [4.78, 5) is 23.1. The van der Waals surface area contributed by atoms with Crippen molar-refractivity contribution in [2.75, 3.05) is 13.7 Å². The summed E-state index contributed by atoms with van der Waals surface area (Å²) in [6.07, 6.45) is -0.107. The highest BCUT2D eigenvalue weighted by Crippen LogP contribution is 2.18. The molecular weight excluding hydrogens is 277 g/mol. The largest absolute Gasteiger partial charge is 0.494 e. The van der Waals surface area contributed by atoms with Gasteiger partial charge in [-0.05, 0) is 38.5 Å². The Bertz CT molecular complexity index is 523. The number of ether oxygens (including phenoxy) is 2. The molecule has 5 nitrogen and oxygen atoms in total. The van der Waals surface area contributed by atoms with Gasteiger partial charge in [0.05, 0.1) is 13.5 Å². The van der Waals surface area contributed by atoms with Crippen LogP contribution in [0.15, 0.2) is 18.2 Å². The van der Waals surface area contributed by atoms with Gasteiger partial charge in [0.25, 0.3) is 5.91 Å². The van der Waals surface area contributed by atoms with Crippen molar-refractivity contribution in [3.05, 3.63) is 29.6 Å². The van der Waals surface area contributed by atoms with Crippen LogP contribution in [0.1, 0.15) is 26.3 Å². The van der Waals surface area contributed by atoms with E-state index in [1.807, 2.05) is 20.8 Å². The number of hydrogen-bond acceptors (Lipinski definition) is 4. The first-order valence-electron chi connectivity index (χ1n) is 6.50. The van der Waals surface area contributed by atoms with Crippen molar-refractivity contribution in [1.82, 2.24) is 5.32 Å². The zero-order valence-corrected chi connectivity index (χ0v) is 12.7. The van der Waals surface area contributed by atoms with Crippen LogP contribution in [-0.4, -0.2) is 31.1 Å². The molecule has 0 fully saturated rings. The maximum Gasteiger partial charge on any atom is 0.310 e. The Morgan fingerprint density at radius 1 is 1.29 bits per heavy atom. The first kappa shape index (κ1) is 16.9. The number of rotatable bonds is 5. The number of halogens is 1. The summed E-state index contributed by atoms with van der Waals surface area (Å²) >= 11 is 0. The highest BCUT2D eigenvalue weighted by molar-refractivity contribution is 5.81. The Hall–Kier alpha value is -2.11. The van der Waals surface area contributed by atoms with Gasteiger partial charge in [-0.2, -0.15) is 0 Å². The van der Waals surface area contributed by atoms with Crippen LogP contribution in [0.25, 0.3) is 0 Å². The summed E-state index contributed by atoms with van der Waals surface area (Å²) < 4.78 is 23.1. The average Bonchev–Trinajstić information content (AvgIpc) is 2.34. The second kappa shape index (κ2) is 7.06. The molecule has 0 aliphatic carbocycles. The molecule has 0 radical (unpaired) electrons. The van der Waals surface area contributed by atoms with Crippen molar-refractivity contribution in [1.29, 1.82) is 0 Å². The number of amides is 1. The molecule has 1 aromatic carbocycles. The fourth-order valence-electron chi connectivity index (χ4n) is 1.64. The zero-order valence-electron chi connectivity index (χ0n) is 12.7. The summed E-state index contributed by atoms with van der Waals surface area (Å²) in [5, 5.41) is 2.67. The SMILES string of the molecule is COc1ccc(CC(=O)OCC(=O)NC(C)(C)C)cc1F. The van der Waals surface area contributed by atoms with E-state index in [2.05, 4.69) is 5.32 Å². The van der Waals surface area contributed by atoms with Crippen LogP contribution in [0.3, 0.4) is 0 Å². The third-order valence-electron chi connectivity index (χ3n) is 2.44. The molecule has 0 saturated heterocycles. The summed E-state index contributed by atoms with van der Waals surface area (Å²) in [6.45, 7) is 5.13. The Morgan fingerprint density at radius 3 is 2.48 bits per heavy atom. The van der Waals surface area contributed by atoms with Crippen molar-refractivity contribution in [2.24, 2.45) is 0 Å². The number of hydrogen-bond donors (Lipinski definition) is 1. The van der Waals surface area contributed by atoms with Gasteiger partial charge >= 0.3 is 5.97 Å². The number of methoxy groups -OCH3 is 1. The molecule has 0 aliphatic heterocycles. The molecule has 0 bridgehead atoms. The molecule has 0 heterocycles. The van der Waals surface area contributed by atoms with Crippen LogP contribution < -0.4 is 10.1 Å². The number of carbonyl (C=O) groups is 2. The number of nitrogens with one attached hydrogen (secondary N) is 1. The van der Waals surface area contributed by atoms with Crippen molar-refractivity contribution in [2.45, 2.75) is 32.7 Å². The minimum Gasteiger partial charge on any atom is -0.494 e. The second-order valence-corrected chi connectivity index (χ2v) is 5.60. The van der Waals surface area contributed by atoms with E-state index in [1.54, 1.807) is 6.07 Å². The Balaban J connectivity index is 2.47. The molecule has 116 valence electrons. The van der Waals surface area contributed by atoms with Crippen LogP contribution in [0.5, 0.6) is 5.75 Å². The van der Waals surface area contributed by atoms with E-state index in [9.17, 15) is 14.0 Å². The molecule has 1 N–H and O–H groups in total. The normalized spacial score (nSPS) is 10.9. The molecule has 0 spiro atoms. The number of esters is 1. The van der Waals surface area contributed by atoms with E-state index in [0.717, 1.165) is 0 Å². The lowest BCUT2D eigenvalue weighted by molar-refractivity contribution is -0.148. The summed E-state index contributed by atoms with van der Waals surface area (Å²) in [5.74, 6) is -1.41. The van der Waals surface area contributed by atoms with Crippen LogP contribution >= 0.6 is 0 Å². The van der Waals surface area contributed by atoms with Gasteiger partial charge in [0.15, 0.2) is 18.2 Å². The molecule has 0 aromatic heterocycles. The predicted molar refractivity (Wildman–Crippen MR) is 75.5 cm³/mol. The molecule has 1 aromatic rings. The highest BCUT2D eigenvalue weighted by atomic mass is 19.1. The van der Waals surface area contributed by atoms with E-state index < -0.39 is 11.8 Å². The van der Waals surface area contributed by atoms with Crippen molar-refractivity contribution < 1.29 is 23.5 Å². The minimum absolute atomic E-state index is 0.107. The molecule has 0 unspecified atom stereocenters. The molecule has 6 heteroatoms. The summed E-state index contributed by atoms with van der Waals surface area (Å²) in [7, 11) is 1.36. The third kappa shape index (κ3) is 6.25. The van der Waals surface area contributed by atoms with Gasteiger partial charge < -0.3 is 14.8 Å². The van der Waals surface area contributed by atoms with Crippen LogP contribution in [-0.2, 0) is 20.7 Å². The molecule has 1 rings (SSSR count). The monoisotopic (exact) mass is 297 g/mol.